The molecule has 0 unspecified atom stereocenters. The Labute approximate surface area is 111 Å². The average Bonchev–Trinajstić information content (AvgIpc) is 2.83. The van der Waals surface area contributed by atoms with Gasteiger partial charge in [-0.25, -0.2) is 0 Å². The highest BCUT2D eigenvalue weighted by atomic mass is 35.5. The zero-order valence-corrected chi connectivity index (χ0v) is 10.8. The van der Waals surface area contributed by atoms with Crippen LogP contribution in [-0.4, -0.2) is 13.2 Å². The zero-order chi connectivity index (χ0) is 12.8. The fourth-order valence-electron chi connectivity index (χ4n) is 1.61. The van der Waals surface area contributed by atoms with Gasteiger partial charge in [0.2, 0.25) is 0 Å². The zero-order valence-electron chi connectivity index (χ0n) is 10.1. The minimum absolute atomic E-state index is 0.473. The summed E-state index contributed by atoms with van der Waals surface area (Å²) in [7, 11) is 0. The van der Waals surface area contributed by atoms with E-state index < -0.39 is 0 Å². The van der Waals surface area contributed by atoms with Crippen molar-refractivity contribution in [2.45, 2.75) is 13.0 Å². The summed E-state index contributed by atoms with van der Waals surface area (Å²) >= 11 is 5.94. The highest BCUT2D eigenvalue weighted by Gasteiger charge is 2.05. The number of rotatable bonds is 6. The number of halogens is 1. The lowest BCUT2D eigenvalue weighted by Crippen LogP contribution is -2.03. The molecule has 1 aromatic heterocycles. The number of nitrogens with two attached hydrogens (primary N) is 1. The van der Waals surface area contributed by atoms with E-state index in [0.717, 1.165) is 23.5 Å². The van der Waals surface area contributed by atoms with Crippen LogP contribution in [0, 0.1) is 0 Å². The van der Waals surface area contributed by atoms with E-state index in [4.69, 9.17) is 26.5 Å². The third-order valence-electron chi connectivity index (χ3n) is 2.51. The van der Waals surface area contributed by atoms with Gasteiger partial charge in [0.1, 0.15) is 18.1 Å². The second kappa shape index (κ2) is 6.59. The topological polar surface area (TPSA) is 48.4 Å². The van der Waals surface area contributed by atoms with Gasteiger partial charge in [-0.1, -0.05) is 23.7 Å². The number of ether oxygens (including phenoxy) is 1. The van der Waals surface area contributed by atoms with Gasteiger partial charge >= 0.3 is 0 Å². The Kier molecular flexibility index (Phi) is 4.81. The molecule has 1 aromatic carbocycles. The van der Waals surface area contributed by atoms with Crippen LogP contribution in [0.3, 0.4) is 0 Å². The average molecular weight is 266 g/mol. The molecule has 0 saturated carbocycles. The second-order valence-electron chi connectivity index (χ2n) is 3.97. The first kappa shape index (κ1) is 13.1. The SMILES string of the molecule is NCCCOCc1ccc(-c2cccc(Cl)c2)o1. The van der Waals surface area contributed by atoms with E-state index in [1.54, 1.807) is 0 Å². The molecule has 0 aliphatic heterocycles. The van der Waals surface area contributed by atoms with Gasteiger partial charge in [-0.05, 0) is 37.2 Å². The van der Waals surface area contributed by atoms with Crippen LogP contribution >= 0.6 is 11.6 Å². The maximum atomic E-state index is 5.94. The molecule has 0 saturated heterocycles. The molecule has 3 nitrogen and oxygen atoms in total. The predicted molar refractivity (Wildman–Crippen MR) is 72.5 cm³/mol. The van der Waals surface area contributed by atoms with Crippen LogP contribution in [0.25, 0.3) is 11.3 Å². The molecule has 2 rings (SSSR count). The van der Waals surface area contributed by atoms with Gasteiger partial charge in [0.25, 0.3) is 0 Å². The van der Waals surface area contributed by atoms with E-state index in [0.29, 0.717) is 24.8 Å². The molecule has 18 heavy (non-hydrogen) atoms. The van der Waals surface area contributed by atoms with Crippen LogP contribution in [0.15, 0.2) is 40.8 Å². The molecule has 0 radical (unpaired) electrons. The molecular formula is C14H16ClNO2. The van der Waals surface area contributed by atoms with Gasteiger partial charge in [-0.3, -0.25) is 0 Å². The van der Waals surface area contributed by atoms with Crippen molar-refractivity contribution in [1.29, 1.82) is 0 Å². The quantitative estimate of drug-likeness (QED) is 0.814. The Morgan fingerprint density at radius 3 is 2.89 bits per heavy atom. The standard InChI is InChI=1S/C14H16ClNO2/c15-12-4-1-3-11(9-12)14-6-5-13(18-14)10-17-8-2-7-16/h1,3-6,9H,2,7-8,10,16H2. The summed E-state index contributed by atoms with van der Waals surface area (Å²) in [5, 5.41) is 0.699. The first-order valence-corrected chi connectivity index (χ1v) is 6.30. The van der Waals surface area contributed by atoms with Crippen LogP contribution in [0.5, 0.6) is 0 Å². The molecule has 0 aliphatic carbocycles. The Morgan fingerprint density at radius 2 is 2.11 bits per heavy atom. The minimum atomic E-state index is 0.473. The highest BCUT2D eigenvalue weighted by Crippen LogP contribution is 2.24. The van der Waals surface area contributed by atoms with Crippen molar-refractivity contribution in [2.24, 2.45) is 5.73 Å². The van der Waals surface area contributed by atoms with E-state index in [1.165, 1.54) is 0 Å². The molecular weight excluding hydrogens is 250 g/mol. The molecule has 0 aliphatic rings. The normalized spacial score (nSPS) is 10.8. The largest absolute Gasteiger partial charge is 0.459 e. The number of hydrogen-bond acceptors (Lipinski definition) is 3. The molecule has 96 valence electrons. The summed E-state index contributed by atoms with van der Waals surface area (Å²) < 4.78 is 11.1. The smallest absolute Gasteiger partial charge is 0.134 e. The minimum Gasteiger partial charge on any atom is -0.459 e. The molecule has 0 amide bonds. The van der Waals surface area contributed by atoms with E-state index >= 15 is 0 Å². The van der Waals surface area contributed by atoms with Crippen molar-refractivity contribution < 1.29 is 9.15 Å². The van der Waals surface area contributed by atoms with Crippen LogP contribution in [0.4, 0.5) is 0 Å². The van der Waals surface area contributed by atoms with Crippen LogP contribution in [0.2, 0.25) is 5.02 Å². The van der Waals surface area contributed by atoms with Crippen molar-refractivity contribution in [3.63, 3.8) is 0 Å². The van der Waals surface area contributed by atoms with E-state index in [2.05, 4.69) is 0 Å². The lowest BCUT2D eigenvalue weighted by atomic mass is 10.2. The van der Waals surface area contributed by atoms with E-state index in [-0.39, 0.29) is 0 Å². The van der Waals surface area contributed by atoms with Crippen molar-refractivity contribution in [3.05, 3.63) is 47.2 Å². The molecule has 1 heterocycles. The molecule has 4 heteroatoms. The maximum Gasteiger partial charge on any atom is 0.134 e. The lowest BCUT2D eigenvalue weighted by Gasteiger charge is -2.00. The van der Waals surface area contributed by atoms with Gasteiger partial charge in [0, 0.05) is 17.2 Å². The molecule has 0 spiro atoms. The lowest BCUT2D eigenvalue weighted by molar-refractivity contribution is 0.106. The van der Waals surface area contributed by atoms with Gasteiger partial charge in [-0.2, -0.15) is 0 Å². The fraction of sp³-hybridized carbons (Fsp3) is 0.286. The first-order chi connectivity index (χ1) is 8.79. The molecule has 0 bridgehead atoms. The monoisotopic (exact) mass is 265 g/mol. The van der Waals surface area contributed by atoms with Gasteiger partial charge in [0.15, 0.2) is 0 Å². The fourth-order valence-corrected chi connectivity index (χ4v) is 1.80. The van der Waals surface area contributed by atoms with E-state index in [9.17, 15) is 0 Å². The maximum absolute atomic E-state index is 5.94. The van der Waals surface area contributed by atoms with Crippen LogP contribution in [0.1, 0.15) is 12.2 Å². The van der Waals surface area contributed by atoms with Crippen LogP contribution in [-0.2, 0) is 11.3 Å². The van der Waals surface area contributed by atoms with Crippen molar-refractivity contribution in [2.75, 3.05) is 13.2 Å². The highest BCUT2D eigenvalue weighted by molar-refractivity contribution is 6.30. The van der Waals surface area contributed by atoms with Crippen LogP contribution < -0.4 is 5.73 Å². The second-order valence-corrected chi connectivity index (χ2v) is 4.41. The van der Waals surface area contributed by atoms with Crippen molar-refractivity contribution in [1.82, 2.24) is 0 Å². The molecule has 2 N–H and O–H groups in total. The Bertz CT molecular complexity index is 496. The van der Waals surface area contributed by atoms with E-state index in [1.807, 2.05) is 36.4 Å². The number of hydrogen-bond donors (Lipinski definition) is 1. The molecule has 0 atom stereocenters. The summed E-state index contributed by atoms with van der Waals surface area (Å²) in [6.45, 7) is 1.77. The van der Waals surface area contributed by atoms with Crippen molar-refractivity contribution in [3.8, 4) is 11.3 Å². The summed E-state index contributed by atoms with van der Waals surface area (Å²) in [5.74, 6) is 1.61. The summed E-state index contributed by atoms with van der Waals surface area (Å²) in [5.41, 5.74) is 6.35. The van der Waals surface area contributed by atoms with Gasteiger partial charge in [-0.15, -0.1) is 0 Å². The summed E-state index contributed by atoms with van der Waals surface area (Å²) in [4.78, 5) is 0. The summed E-state index contributed by atoms with van der Waals surface area (Å²) in [6, 6.07) is 11.4. The third-order valence-corrected chi connectivity index (χ3v) is 2.74. The Balaban J connectivity index is 1.97. The van der Waals surface area contributed by atoms with Crippen molar-refractivity contribution >= 4 is 11.6 Å². The third kappa shape index (κ3) is 3.60. The van der Waals surface area contributed by atoms with Gasteiger partial charge < -0.3 is 14.9 Å². The number of benzene rings is 1. The van der Waals surface area contributed by atoms with Gasteiger partial charge in [0.05, 0.1) is 0 Å². The molecule has 0 fully saturated rings. The predicted octanol–water partition coefficient (Wildman–Crippen LogP) is 3.47. The molecule has 2 aromatic rings. The summed E-state index contributed by atoms with van der Waals surface area (Å²) in [6.07, 6.45) is 0.863. The number of furan rings is 1. The Hall–Kier alpha value is -1.29. The Morgan fingerprint density at radius 1 is 1.22 bits per heavy atom. The first-order valence-electron chi connectivity index (χ1n) is 5.92.